The summed E-state index contributed by atoms with van der Waals surface area (Å²) in [5.74, 6) is 0.834. The first-order chi connectivity index (χ1) is 16.9. The van der Waals surface area contributed by atoms with E-state index in [1.54, 1.807) is 0 Å². The SMILES string of the molecule is CCc1ccc2[nH]c(=O)c(CN(Cc3ccccc3)C(CC)c3nnnn3C(C)(C)CC)cc2c1. The molecular weight excluding hydrogens is 436 g/mol. The number of hydrogen-bond acceptors (Lipinski definition) is 5. The Morgan fingerprint density at radius 1 is 1.00 bits per heavy atom. The van der Waals surface area contributed by atoms with Crippen LogP contribution in [0.25, 0.3) is 10.9 Å². The van der Waals surface area contributed by atoms with E-state index in [1.165, 1.54) is 11.1 Å². The molecule has 0 saturated heterocycles. The lowest BCUT2D eigenvalue weighted by Gasteiger charge is -2.33. The van der Waals surface area contributed by atoms with Gasteiger partial charge in [-0.2, -0.15) is 0 Å². The van der Waals surface area contributed by atoms with Crippen molar-refractivity contribution in [3.63, 3.8) is 0 Å². The van der Waals surface area contributed by atoms with Crippen LogP contribution in [0.2, 0.25) is 0 Å². The lowest BCUT2D eigenvalue weighted by Crippen LogP contribution is -2.36. The third-order valence-electron chi connectivity index (χ3n) is 7.05. The predicted molar refractivity (Wildman–Crippen MR) is 140 cm³/mol. The van der Waals surface area contributed by atoms with E-state index >= 15 is 0 Å². The summed E-state index contributed by atoms with van der Waals surface area (Å²) in [5, 5.41) is 13.9. The Bertz CT molecular complexity index is 1320. The Morgan fingerprint density at radius 2 is 1.77 bits per heavy atom. The number of hydrogen-bond donors (Lipinski definition) is 1. The third-order valence-corrected chi connectivity index (χ3v) is 7.05. The van der Waals surface area contributed by atoms with Crippen molar-refractivity contribution in [3.8, 4) is 0 Å². The Morgan fingerprint density at radius 3 is 2.46 bits per heavy atom. The minimum Gasteiger partial charge on any atom is -0.322 e. The van der Waals surface area contributed by atoms with E-state index in [1.807, 2.05) is 35.0 Å². The molecule has 1 N–H and O–H groups in total. The molecule has 1 unspecified atom stereocenters. The van der Waals surface area contributed by atoms with Crippen molar-refractivity contribution in [1.29, 1.82) is 0 Å². The van der Waals surface area contributed by atoms with Gasteiger partial charge >= 0.3 is 0 Å². The maximum Gasteiger partial charge on any atom is 0.252 e. The third kappa shape index (κ3) is 5.35. The number of aromatic amines is 1. The highest BCUT2D eigenvalue weighted by Gasteiger charge is 2.31. The molecule has 184 valence electrons. The van der Waals surface area contributed by atoms with Crippen molar-refractivity contribution in [3.05, 3.63) is 87.5 Å². The minimum atomic E-state index is -0.207. The van der Waals surface area contributed by atoms with Gasteiger partial charge in [0.2, 0.25) is 0 Å². The number of nitrogens with one attached hydrogen (secondary N) is 1. The number of benzene rings is 2. The van der Waals surface area contributed by atoms with E-state index in [9.17, 15) is 4.79 Å². The van der Waals surface area contributed by atoms with Gasteiger partial charge in [-0.25, -0.2) is 4.68 Å². The van der Waals surface area contributed by atoms with E-state index < -0.39 is 0 Å². The molecule has 0 aliphatic rings. The van der Waals surface area contributed by atoms with E-state index in [-0.39, 0.29) is 17.1 Å². The molecule has 2 aromatic carbocycles. The van der Waals surface area contributed by atoms with E-state index in [4.69, 9.17) is 0 Å². The monoisotopic (exact) mass is 472 g/mol. The zero-order valence-electron chi connectivity index (χ0n) is 21.5. The average molecular weight is 473 g/mol. The number of aryl methyl sites for hydroxylation is 1. The summed E-state index contributed by atoms with van der Waals surface area (Å²) < 4.78 is 1.96. The van der Waals surface area contributed by atoms with Crippen LogP contribution in [0.3, 0.4) is 0 Å². The van der Waals surface area contributed by atoms with Crippen LogP contribution in [0.15, 0.2) is 59.4 Å². The highest BCUT2D eigenvalue weighted by Crippen LogP contribution is 2.30. The Kier molecular flexibility index (Phi) is 7.45. The summed E-state index contributed by atoms with van der Waals surface area (Å²) in [6.45, 7) is 11.9. The molecule has 7 nitrogen and oxygen atoms in total. The average Bonchev–Trinajstić information content (AvgIpc) is 3.36. The number of tetrazole rings is 1. The molecule has 2 aromatic heterocycles. The summed E-state index contributed by atoms with van der Waals surface area (Å²) in [5.41, 5.74) is 3.79. The lowest BCUT2D eigenvalue weighted by atomic mass is 10.0. The van der Waals surface area contributed by atoms with Gasteiger partial charge in [0.05, 0.1) is 11.6 Å². The molecule has 4 aromatic rings. The molecule has 0 spiro atoms. The van der Waals surface area contributed by atoms with Crippen LogP contribution in [0.1, 0.15) is 76.0 Å². The number of aromatic nitrogens is 5. The zero-order chi connectivity index (χ0) is 25.0. The Hall–Kier alpha value is -3.32. The van der Waals surface area contributed by atoms with Crippen LogP contribution in [0.5, 0.6) is 0 Å². The first-order valence-corrected chi connectivity index (χ1v) is 12.6. The van der Waals surface area contributed by atoms with Crippen LogP contribution >= 0.6 is 0 Å². The van der Waals surface area contributed by atoms with Crippen molar-refractivity contribution in [1.82, 2.24) is 30.1 Å². The summed E-state index contributed by atoms with van der Waals surface area (Å²) in [4.78, 5) is 18.5. The molecule has 7 heteroatoms. The van der Waals surface area contributed by atoms with Gasteiger partial charge in [-0.15, -0.1) is 5.10 Å². The van der Waals surface area contributed by atoms with E-state index in [2.05, 4.69) is 84.3 Å². The summed E-state index contributed by atoms with van der Waals surface area (Å²) in [7, 11) is 0. The molecule has 1 atom stereocenters. The quantitative estimate of drug-likeness (QED) is 0.335. The van der Waals surface area contributed by atoms with Crippen molar-refractivity contribution >= 4 is 10.9 Å². The number of fused-ring (bicyclic) bond motifs is 1. The number of H-pyrrole nitrogens is 1. The van der Waals surface area contributed by atoms with Crippen molar-refractivity contribution in [2.45, 2.75) is 78.6 Å². The number of rotatable bonds is 10. The van der Waals surface area contributed by atoms with Gasteiger partial charge in [0.25, 0.3) is 5.56 Å². The molecule has 0 aliphatic carbocycles. The normalized spacial score (nSPS) is 13.0. The molecular formula is C28H36N6O. The Balaban J connectivity index is 1.77. The van der Waals surface area contributed by atoms with Crippen molar-refractivity contribution < 1.29 is 0 Å². The second-order valence-corrected chi connectivity index (χ2v) is 9.83. The first kappa shape index (κ1) is 24.8. The van der Waals surface area contributed by atoms with E-state index in [0.717, 1.165) is 41.6 Å². The highest BCUT2D eigenvalue weighted by molar-refractivity contribution is 5.79. The molecule has 0 radical (unpaired) electrons. The van der Waals surface area contributed by atoms with Gasteiger partial charge in [-0.3, -0.25) is 9.69 Å². The summed E-state index contributed by atoms with van der Waals surface area (Å²) >= 11 is 0. The van der Waals surface area contributed by atoms with Gasteiger partial charge in [-0.1, -0.05) is 57.2 Å². The van der Waals surface area contributed by atoms with Gasteiger partial charge in [0.15, 0.2) is 5.82 Å². The fourth-order valence-electron chi connectivity index (χ4n) is 4.54. The number of nitrogens with zero attached hydrogens (tertiary/aromatic N) is 5. The molecule has 2 heterocycles. The first-order valence-electron chi connectivity index (χ1n) is 12.6. The molecule has 0 bridgehead atoms. The molecule has 0 amide bonds. The van der Waals surface area contributed by atoms with Gasteiger partial charge in [0.1, 0.15) is 0 Å². The van der Waals surface area contributed by atoms with Gasteiger partial charge in [0, 0.05) is 24.2 Å². The zero-order valence-corrected chi connectivity index (χ0v) is 21.5. The Labute approximate surface area is 207 Å². The molecule has 0 saturated carbocycles. The van der Waals surface area contributed by atoms with Crippen LogP contribution in [0.4, 0.5) is 0 Å². The molecule has 0 aliphatic heterocycles. The van der Waals surface area contributed by atoms with Crippen LogP contribution < -0.4 is 5.56 Å². The second kappa shape index (κ2) is 10.5. The summed E-state index contributed by atoms with van der Waals surface area (Å²) in [6, 6.07) is 18.6. The fraction of sp³-hybridized carbons (Fsp3) is 0.429. The number of pyridine rings is 1. The largest absolute Gasteiger partial charge is 0.322 e. The van der Waals surface area contributed by atoms with E-state index in [0.29, 0.717) is 13.1 Å². The van der Waals surface area contributed by atoms with Gasteiger partial charge in [-0.05, 0) is 78.2 Å². The topological polar surface area (TPSA) is 79.7 Å². The second-order valence-electron chi connectivity index (χ2n) is 9.83. The predicted octanol–water partition coefficient (Wildman–Crippen LogP) is 5.38. The fourth-order valence-corrected chi connectivity index (χ4v) is 4.54. The van der Waals surface area contributed by atoms with Crippen LogP contribution in [-0.2, 0) is 25.0 Å². The molecule has 0 fully saturated rings. The molecule has 35 heavy (non-hydrogen) atoms. The maximum absolute atomic E-state index is 13.1. The molecule has 4 rings (SSSR count). The summed E-state index contributed by atoms with van der Waals surface area (Å²) in [6.07, 6.45) is 2.68. The highest BCUT2D eigenvalue weighted by atomic mass is 16.1. The standard InChI is InChI=1S/C28H36N6O/c1-6-20-14-15-24-22(16-20)17-23(27(35)29-24)19-33(18-21-12-10-9-11-13-21)25(7-2)26-30-31-32-34(26)28(4,5)8-3/h9-17,25H,6-8,18-19H2,1-5H3,(H,29,35). The minimum absolute atomic E-state index is 0.0481. The van der Waals surface area contributed by atoms with Crippen LogP contribution in [-0.4, -0.2) is 30.1 Å². The van der Waals surface area contributed by atoms with Crippen LogP contribution in [0, 0.1) is 0 Å². The lowest BCUT2D eigenvalue weighted by molar-refractivity contribution is 0.150. The van der Waals surface area contributed by atoms with Gasteiger partial charge < -0.3 is 4.98 Å². The maximum atomic E-state index is 13.1. The van der Waals surface area contributed by atoms with Crippen molar-refractivity contribution in [2.75, 3.05) is 0 Å². The smallest absolute Gasteiger partial charge is 0.252 e. The van der Waals surface area contributed by atoms with Crippen molar-refractivity contribution in [2.24, 2.45) is 0 Å².